The van der Waals surface area contributed by atoms with Crippen molar-refractivity contribution >= 4 is 22.5 Å². The molecule has 8 heteroatoms. The number of aromatic amines is 1. The van der Waals surface area contributed by atoms with Gasteiger partial charge in [-0.2, -0.15) is 9.78 Å². The van der Waals surface area contributed by atoms with Crippen molar-refractivity contribution in [2.75, 3.05) is 5.32 Å². The van der Waals surface area contributed by atoms with E-state index in [2.05, 4.69) is 20.4 Å². The van der Waals surface area contributed by atoms with Crippen LogP contribution >= 0.6 is 0 Å². The fourth-order valence-corrected chi connectivity index (χ4v) is 3.56. The van der Waals surface area contributed by atoms with Crippen LogP contribution in [0, 0.1) is 0 Å². The van der Waals surface area contributed by atoms with Gasteiger partial charge in [0.25, 0.3) is 11.5 Å². The number of benzene rings is 2. The Labute approximate surface area is 182 Å². The molecule has 0 atom stereocenters. The zero-order valence-corrected chi connectivity index (χ0v) is 17.2. The molecule has 3 aromatic heterocycles. The molecule has 2 aromatic carbocycles. The fraction of sp³-hybridized carbons (Fsp3) is 0.0833. The summed E-state index contributed by atoms with van der Waals surface area (Å²) in [6, 6.07) is 19.9. The summed E-state index contributed by atoms with van der Waals surface area (Å²) in [7, 11) is 0. The van der Waals surface area contributed by atoms with Crippen molar-refractivity contribution in [3.8, 4) is 17.4 Å². The molecule has 0 aliphatic carbocycles. The van der Waals surface area contributed by atoms with Gasteiger partial charge in [0.1, 0.15) is 11.5 Å². The topological polar surface area (TPSA) is 106 Å². The van der Waals surface area contributed by atoms with Crippen LogP contribution in [0.2, 0.25) is 0 Å². The molecule has 32 heavy (non-hydrogen) atoms. The van der Waals surface area contributed by atoms with Crippen molar-refractivity contribution in [2.45, 2.75) is 13.3 Å². The van der Waals surface area contributed by atoms with E-state index in [0.717, 1.165) is 10.8 Å². The number of carbonyl (C=O) groups is 1. The van der Waals surface area contributed by atoms with Crippen LogP contribution in [0.25, 0.3) is 28.2 Å². The van der Waals surface area contributed by atoms with Crippen molar-refractivity contribution in [1.82, 2.24) is 19.7 Å². The lowest BCUT2D eigenvalue weighted by molar-refractivity contribution is 0.102. The van der Waals surface area contributed by atoms with Crippen LogP contribution in [0.4, 0.5) is 5.82 Å². The first-order chi connectivity index (χ1) is 15.6. The molecule has 0 bridgehead atoms. The van der Waals surface area contributed by atoms with Gasteiger partial charge in [0.15, 0.2) is 5.76 Å². The number of fused-ring (bicyclic) bond motifs is 1. The molecule has 2 N–H and O–H groups in total. The van der Waals surface area contributed by atoms with Crippen LogP contribution in [0.3, 0.4) is 0 Å². The van der Waals surface area contributed by atoms with Gasteiger partial charge in [0.2, 0.25) is 5.95 Å². The Morgan fingerprint density at radius 2 is 1.94 bits per heavy atom. The Morgan fingerprint density at radius 1 is 1.09 bits per heavy atom. The van der Waals surface area contributed by atoms with Gasteiger partial charge < -0.3 is 9.73 Å². The minimum atomic E-state index is -0.303. The van der Waals surface area contributed by atoms with Gasteiger partial charge in [-0.1, -0.05) is 43.3 Å². The molecule has 3 heterocycles. The van der Waals surface area contributed by atoms with Crippen LogP contribution in [-0.4, -0.2) is 25.7 Å². The third-order valence-electron chi connectivity index (χ3n) is 5.10. The largest absolute Gasteiger partial charge is 0.463 e. The van der Waals surface area contributed by atoms with E-state index in [-0.39, 0.29) is 17.4 Å². The number of carbonyl (C=O) groups excluding carboxylic acids is 1. The third-order valence-corrected chi connectivity index (χ3v) is 5.10. The highest BCUT2D eigenvalue weighted by atomic mass is 16.3. The highest BCUT2D eigenvalue weighted by molar-refractivity contribution is 6.12. The van der Waals surface area contributed by atoms with Crippen LogP contribution in [-0.2, 0) is 6.42 Å². The SMILES string of the molecule is CCc1cc(=O)[nH]c(-n2nc(-c3ccco3)cc2NC(=O)c2cccc3ccccc23)n1. The van der Waals surface area contributed by atoms with Crippen LogP contribution in [0.1, 0.15) is 23.0 Å². The molecule has 0 spiro atoms. The number of aromatic nitrogens is 4. The number of aryl methyl sites for hydroxylation is 1. The number of hydrogen-bond donors (Lipinski definition) is 2. The second kappa shape index (κ2) is 7.99. The molecule has 0 saturated heterocycles. The normalized spacial score (nSPS) is 11.0. The number of furan rings is 1. The van der Waals surface area contributed by atoms with Crippen LogP contribution < -0.4 is 10.9 Å². The maximum atomic E-state index is 13.2. The minimum absolute atomic E-state index is 0.209. The Balaban J connectivity index is 1.61. The smallest absolute Gasteiger partial charge is 0.257 e. The molecule has 0 aliphatic rings. The van der Waals surface area contributed by atoms with E-state index in [1.54, 1.807) is 30.5 Å². The number of hydrogen-bond acceptors (Lipinski definition) is 5. The monoisotopic (exact) mass is 425 g/mol. The minimum Gasteiger partial charge on any atom is -0.463 e. The zero-order valence-electron chi connectivity index (χ0n) is 17.2. The van der Waals surface area contributed by atoms with Crippen LogP contribution in [0.15, 0.2) is 82.2 Å². The number of H-pyrrole nitrogens is 1. The Morgan fingerprint density at radius 3 is 2.75 bits per heavy atom. The van der Waals surface area contributed by atoms with Gasteiger partial charge >= 0.3 is 0 Å². The highest BCUT2D eigenvalue weighted by Crippen LogP contribution is 2.25. The summed E-state index contributed by atoms with van der Waals surface area (Å²) in [5.74, 6) is 0.785. The number of nitrogens with one attached hydrogen (secondary N) is 2. The summed E-state index contributed by atoms with van der Waals surface area (Å²) >= 11 is 0. The lowest BCUT2D eigenvalue weighted by Crippen LogP contribution is -2.19. The molecule has 8 nitrogen and oxygen atoms in total. The standard InChI is InChI=1S/C24H19N5O3/c1-2-16-13-22(30)27-24(25-16)29-21(14-19(28-29)20-11-6-12-32-20)26-23(31)18-10-5-8-15-7-3-4-9-17(15)18/h3-14H,2H2,1H3,(H,26,31)(H,25,27,30). The molecule has 0 radical (unpaired) electrons. The third kappa shape index (κ3) is 3.58. The molecule has 158 valence electrons. The molecule has 0 unspecified atom stereocenters. The van der Waals surface area contributed by atoms with Crippen molar-refractivity contribution < 1.29 is 9.21 Å². The lowest BCUT2D eigenvalue weighted by atomic mass is 10.0. The second-order valence-electron chi connectivity index (χ2n) is 7.20. The number of anilines is 1. The number of amides is 1. The van der Waals surface area contributed by atoms with E-state index in [0.29, 0.717) is 35.0 Å². The molecular weight excluding hydrogens is 406 g/mol. The predicted molar refractivity (Wildman–Crippen MR) is 121 cm³/mol. The summed E-state index contributed by atoms with van der Waals surface area (Å²) in [5, 5.41) is 9.24. The van der Waals surface area contributed by atoms with Gasteiger partial charge in [-0.05, 0) is 35.4 Å². The highest BCUT2D eigenvalue weighted by Gasteiger charge is 2.18. The molecule has 5 aromatic rings. The van der Waals surface area contributed by atoms with Gasteiger partial charge in [0.05, 0.1) is 6.26 Å². The Bertz CT molecular complexity index is 1480. The predicted octanol–water partition coefficient (Wildman–Crippen LogP) is 4.18. The summed E-state index contributed by atoms with van der Waals surface area (Å²) < 4.78 is 6.86. The maximum absolute atomic E-state index is 13.2. The van der Waals surface area contributed by atoms with E-state index in [4.69, 9.17) is 4.42 Å². The molecule has 0 saturated carbocycles. The molecular formula is C24H19N5O3. The van der Waals surface area contributed by atoms with E-state index in [1.165, 1.54) is 10.7 Å². The van der Waals surface area contributed by atoms with E-state index >= 15 is 0 Å². The first-order valence-electron chi connectivity index (χ1n) is 10.2. The molecule has 0 aliphatic heterocycles. The van der Waals surface area contributed by atoms with E-state index < -0.39 is 0 Å². The lowest BCUT2D eigenvalue weighted by Gasteiger charge is -2.10. The van der Waals surface area contributed by atoms with Gasteiger partial charge in [-0.3, -0.25) is 14.6 Å². The van der Waals surface area contributed by atoms with Gasteiger partial charge in [-0.15, -0.1) is 0 Å². The fourth-order valence-electron chi connectivity index (χ4n) is 3.56. The van der Waals surface area contributed by atoms with E-state index in [9.17, 15) is 9.59 Å². The quantitative estimate of drug-likeness (QED) is 0.439. The summed E-state index contributed by atoms with van der Waals surface area (Å²) in [6.07, 6.45) is 2.13. The number of rotatable bonds is 5. The Hall–Kier alpha value is -4.46. The van der Waals surface area contributed by atoms with E-state index in [1.807, 2.05) is 43.3 Å². The summed E-state index contributed by atoms with van der Waals surface area (Å²) in [6.45, 7) is 1.91. The van der Waals surface area contributed by atoms with Gasteiger partial charge in [-0.25, -0.2) is 4.98 Å². The first kappa shape index (κ1) is 19.5. The summed E-state index contributed by atoms with van der Waals surface area (Å²) in [5.41, 5.74) is 1.34. The second-order valence-corrected chi connectivity index (χ2v) is 7.20. The van der Waals surface area contributed by atoms with Crippen molar-refractivity contribution in [2.24, 2.45) is 0 Å². The number of nitrogens with zero attached hydrogens (tertiary/aromatic N) is 3. The van der Waals surface area contributed by atoms with Crippen molar-refractivity contribution in [3.05, 3.63) is 94.6 Å². The zero-order chi connectivity index (χ0) is 22.1. The van der Waals surface area contributed by atoms with Gasteiger partial charge in [0, 0.05) is 23.4 Å². The van der Waals surface area contributed by atoms with Crippen molar-refractivity contribution in [3.63, 3.8) is 0 Å². The average Bonchev–Trinajstić information content (AvgIpc) is 3.48. The molecule has 5 rings (SSSR count). The summed E-state index contributed by atoms with van der Waals surface area (Å²) in [4.78, 5) is 32.5. The molecule has 0 fully saturated rings. The molecule has 1 amide bonds. The Kier molecular flexibility index (Phi) is 4.87. The van der Waals surface area contributed by atoms with Crippen LogP contribution in [0.5, 0.6) is 0 Å². The first-order valence-corrected chi connectivity index (χ1v) is 10.2. The average molecular weight is 425 g/mol. The van der Waals surface area contributed by atoms with Crippen molar-refractivity contribution in [1.29, 1.82) is 0 Å². The maximum Gasteiger partial charge on any atom is 0.257 e.